The van der Waals surface area contributed by atoms with E-state index in [0.29, 0.717) is 5.02 Å². The van der Waals surface area contributed by atoms with E-state index in [1.165, 1.54) is 7.11 Å². The number of carbonyl (C=O) groups is 1. The Bertz CT molecular complexity index is 1240. The summed E-state index contributed by atoms with van der Waals surface area (Å²) in [5.41, 5.74) is 3.77. The summed E-state index contributed by atoms with van der Waals surface area (Å²) in [6, 6.07) is 11.4. The van der Waals surface area contributed by atoms with Gasteiger partial charge in [-0.15, -0.1) is 5.10 Å². The van der Waals surface area contributed by atoms with Gasteiger partial charge in [0.05, 0.1) is 19.0 Å². The van der Waals surface area contributed by atoms with Crippen molar-refractivity contribution in [2.24, 2.45) is 7.05 Å². The number of hydrogen-bond donors (Lipinski definition) is 1. The van der Waals surface area contributed by atoms with Gasteiger partial charge in [0.15, 0.2) is 0 Å². The first-order valence-corrected chi connectivity index (χ1v) is 13.2. The number of methoxy groups -OCH3 is 1. The summed E-state index contributed by atoms with van der Waals surface area (Å²) < 4.78 is 30.9. The molecule has 3 aromatic rings. The van der Waals surface area contributed by atoms with Gasteiger partial charge in [0, 0.05) is 30.1 Å². The molecule has 1 aromatic heterocycles. The third-order valence-corrected chi connectivity index (χ3v) is 8.46. The van der Waals surface area contributed by atoms with Gasteiger partial charge in [0.2, 0.25) is 11.3 Å². The highest BCUT2D eigenvalue weighted by molar-refractivity contribution is 7.76. The molecule has 0 aliphatic heterocycles. The van der Waals surface area contributed by atoms with E-state index >= 15 is 0 Å². The minimum absolute atomic E-state index is 0.136. The predicted molar refractivity (Wildman–Crippen MR) is 136 cm³/mol. The highest BCUT2D eigenvalue weighted by Crippen LogP contribution is 2.37. The first-order valence-electron chi connectivity index (χ1n) is 11.7. The van der Waals surface area contributed by atoms with Crippen LogP contribution in [0.5, 0.6) is 0 Å². The Balaban J connectivity index is 1.71. The van der Waals surface area contributed by atoms with Crippen LogP contribution in [0.15, 0.2) is 36.4 Å². The van der Waals surface area contributed by atoms with Crippen LogP contribution in [0.25, 0.3) is 11.0 Å². The van der Waals surface area contributed by atoms with Crippen LogP contribution in [-0.4, -0.2) is 46.7 Å². The lowest BCUT2D eigenvalue weighted by atomic mass is 9.83. The molecule has 1 N–H and O–H groups in total. The molecule has 0 bridgehead atoms. The SMILES string of the molecule is COC(=O)CC(c1ccc(Cl)c(CN(S(=O)O)C2(C)CCCCC2)c1)c1ccc2c(c1)nnn2C. The van der Waals surface area contributed by atoms with Gasteiger partial charge in [-0.05, 0) is 54.7 Å². The maximum absolute atomic E-state index is 12.4. The summed E-state index contributed by atoms with van der Waals surface area (Å²) >= 11 is 4.43. The molecule has 10 heteroatoms. The summed E-state index contributed by atoms with van der Waals surface area (Å²) in [6.07, 6.45) is 5.06. The number of ether oxygens (including phenoxy) is 1. The zero-order valence-corrected chi connectivity index (χ0v) is 21.8. The Labute approximate surface area is 213 Å². The van der Waals surface area contributed by atoms with E-state index in [9.17, 15) is 13.6 Å². The topological polar surface area (TPSA) is 97.6 Å². The number of esters is 1. The van der Waals surface area contributed by atoms with Crippen LogP contribution in [0.4, 0.5) is 0 Å². The van der Waals surface area contributed by atoms with Crippen molar-refractivity contribution in [1.82, 2.24) is 19.3 Å². The van der Waals surface area contributed by atoms with Gasteiger partial charge >= 0.3 is 5.97 Å². The molecule has 1 saturated carbocycles. The lowest BCUT2D eigenvalue weighted by Crippen LogP contribution is -2.47. The minimum Gasteiger partial charge on any atom is -0.469 e. The molecule has 8 nitrogen and oxygen atoms in total. The van der Waals surface area contributed by atoms with E-state index in [4.69, 9.17) is 16.3 Å². The van der Waals surface area contributed by atoms with Gasteiger partial charge in [-0.1, -0.05) is 54.3 Å². The van der Waals surface area contributed by atoms with Crippen molar-refractivity contribution in [3.63, 3.8) is 0 Å². The second-order valence-corrected chi connectivity index (χ2v) is 10.8. The molecule has 188 valence electrons. The molecule has 4 rings (SSSR count). The summed E-state index contributed by atoms with van der Waals surface area (Å²) in [4.78, 5) is 12.3. The molecule has 1 aliphatic rings. The van der Waals surface area contributed by atoms with E-state index in [1.54, 1.807) is 15.1 Å². The van der Waals surface area contributed by atoms with Crippen molar-refractivity contribution in [3.05, 3.63) is 58.1 Å². The fourth-order valence-corrected chi connectivity index (χ4v) is 6.02. The van der Waals surface area contributed by atoms with E-state index < -0.39 is 11.3 Å². The van der Waals surface area contributed by atoms with Crippen LogP contribution in [0.3, 0.4) is 0 Å². The molecule has 2 atom stereocenters. The quantitative estimate of drug-likeness (QED) is 0.333. The lowest BCUT2D eigenvalue weighted by molar-refractivity contribution is -0.140. The number of aromatic nitrogens is 3. The maximum Gasteiger partial charge on any atom is 0.306 e. The number of carbonyl (C=O) groups excluding carboxylic acids is 1. The van der Waals surface area contributed by atoms with E-state index in [1.807, 2.05) is 44.3 Å². The van der Waals surface area contributed by atoms with Crippen LogP contribution in [0.2, 0.25) is 5.02 Å². The van der Waals surface area contributed by atoms with Gasteiger partial charge in [0.25, 0.3) is 0 Å². The summed E-state index contributed by atoms with van der Waals surface area (Å²) in [7, 11) is 3.20. The molecule has 0 spiro atoms. The molecule has 0 saturated heterocycles. The monoisotopic (exact) mass is 518 g/mol. The molecular weight excluding hydrogens is 488 g/mol. The molecule has 2 aromatic carbocycles. The molecule has 1 fully saturated rings. The van der Waals surface area contributed by atoms with Crippen molar-refractivity contribution in [1.29, 1.82) is 0 Å². The summed E-state index contributed by atoms with van der Waals surface area (Å²) in [5, 5.41) is 8.80. The van der Waals surface area contributed by atoms with Crippen LogP contribution < -0.4 is 0 Å². The van der Waals surface area contributed by atoms with E-state index in [-0.39, 0.29) is 30.4 Å². The zero-order chi connectivity index (χ0) is 25.2. The second-order valence-electron chi connectivity index (χ2n) is 9.47. The number of hydrogen-bond acceptors (Lipinski definition) is 5. The molecular formula is C25H31ClN4O4S. The van der Waals surface area contributed by atoms with Crippen LogP contribution in [0.1, 0.15) is 68.1 Å². The van der Waals surface area contributed by atoms with E-state index in [2.05, 4.69) is 10.3 Å². The normalized spacial score (nSPS) is 17.4. The van der Waals surface area contributed by atoms with Crippen molar-refractivity contribution in [3.8, 4) is 0 Å². The molecule has 2 unspecified atom stereocenters. The molecule has 0 amide bonds. The molecule has 35 heavy (non-hydrogen) atoms. The fraction of sp³-hybridized carbons (Fsp3) is 0.480. The van der Waals surface area contributed by atoms with E-state index in [0.717, 1.165) is 59.8 Å². The molecule has 1 heterocycles. The largest absolute Gasteiger partial charge is 0.469 e. The predicted octanol–water partition coefficient (Wildman–Crippen LogP) is 4.98. The Kier molecular flexibility index (Phi) is 7.90. The highest BCUT2D eigenvalue weighted by Gasteiger charge is 2.37. The Hall–Kier alpha value is -2.33. The smallest absolute Gasteiger partial charge is 0.306 e. The third-order valence-electron chi connectivity index (χ3n) is 7.14. The van der Waals surface area contributed by atoms with Crippen molar-refractivity contribution in [2.75, 3.05) is 7.11 Å². The number of fused-ring (bicyclic) bond motifs is 1. The number of benzene rings is 2. The van der Waals surface area contributed by atoms with Gasteiger partial charge < -0.3 is 4.74 Å². The standard InChI is InChI=1S/C25H31ClN4O4S/c1-25(11-5-4-6-12-25)30(35(32)33)16-19-13-17(7-9-21(19)26)20(15-24(31)34-3)18-8-10-23-22(14-18)27-28-29(23)2/h7-10,13-14,20H,4-6,11-12,15-16H2,1-3H3,(H,32,33). The average molecular weight is 519 g/mol. The second kappa shape index (κ2) is 10.7. The Morgan fingerprint density at radius 2 is 1.91 bits per heavy atom. The van der Waals surface area contributed by atoms with Gasteiger partial charge in [-0.3, -0.25) is 9.35 Å². The average Bonchev–Trinajstić information content (AvgIpc) is 3.22. The van der Waals surface area contributed by atoms with Crippen molar-refractivity contribution in [2.45, 2.75) is 63.5 Å². The number of nitrogens with zero attached hydrogens (tertiary/aromatic N) is 4. The number of halogens is 1. The lowest BCUT2D eigenvalue weighted by Gasteiger charge is -2.41. The molecule has 1 aliphatic carbocycles. The highest BCUT2D eigenvalue weighted by atomic mass is 35.5. The Morgan fingerprint density at radius 1 is 1.23 bits per heavy atom. The summed E-state index contributed by atoms with van der Waals surface area (Å²) in [6.45, 7) is 2.29. The van der Waals surface area contributed by atoms with Gasteiger partial charge in [-0.25, -0.2) is 8.89 Å². The van der Waals surface area contributed by atoms with Crippen molar-refractivity contribution < 1.29 is 18.3 Å². The third kappa shape index (κ3) is 5.58. The minimum atomic E-state index is -2.14. The first-order chi connectivity index (χ1) is 16.7. The van der Waals surface area contributed by atoms with Gasteiger partial charge in [-0.2, -0.15) is 4.31 Å². The van der Waals surface area contributed by atoms with Crippen LogP contribution in [0, 0.1) is 0 Å². The van der Waals surface area contributed by atoms with Crippen molar-refractivity contribution >= 4 is 39.9 Å². The van der Waals surface area contributed by atoms with Gasteiger partial charge in [0.1, 0.15) is 5.52 Å². The van der Waals surface area contributed by atoms with Crippen LogP contribution in [-0.2, 0) is 34.4 Å². The summed E-state index contributed by atoms with van der Waals surface area (Å²) in [5.74, 6) is -0.637. The molecule has 0 radical (unpaired) electrons. The maximum atomic E-state index is 12.4. The fourth-order valence-electron chi connectivity index (χ4n) is 5.04. The number of rotatable bonds is 8. The van der Waals surface area contributed by atoms with Crippen LogP contribution >= 0.6 is 11.6 Å². The number of aryl methyl sites for hydroxylation is 1. The zero-order valence-electron chi connectivity index (χ0n) is 20.2. The first kappa shape index (κ1) is 25.8. The Morgan fingerprint density at radius 3 is 2.60 bits per heavy atom.